The topological polar surface area (TPSA) is 81.5 Å². The summed E-state index contributed by atoms with van der Waals surface area (Å²) in [7, 11) is 1.84. The van der Waals surface area contributed by atoms with E-state index in [4.69, 9.17) is 4.84 Å². The first kappa shape index (κ1) is 15.3. The van der Waals surface area contributed by atoms with Crippen LogP contribution in [0.3, 0.4) is 0 Å². The van der Waals surface area contributed by atoms with Crippen LogP contribution in [0, 0.1) is 11.8 Å². The summed E-state index contributed by atoms with van der Waals surface area (Å²) in [5.74, 6) is -1.82. The Morgan fingerprint density at radius 3 is 2.46 bits per heavy atom. The number of aryl methyl sites for hydroxylation is 1. The van der Waals surface area contributed by atoms with E-state index in [0.717, 1.165) is 25.0 Å². The lowest BCUT2D eigenvalue weighted by Crippen LogP contribution is -2.51. The van der Waals surface area contributed by atoms with Crippen LogP contribution in [0.5, 0.6) is 0 Å². The molecule has 3 atom stereocenters. The number of carbonyl (C=O) groups excluding carboxylic acids is 3. The van der Waals surface area contributed by atoms with E-state index in [1.54, 1.807) is 28.9 Å². The van der Waals surface area contributed by atoms with Crippen LogP contribution < -0.4 is 0 Å². The lowest BCUT2D eigenvalue weighted by atomic mass is 9.58. The maximum absolute atomic E-state index is 12.9. The Morgan fingerprint density at radius 1 is 1.19 bits per heavy atom. The highest BCUT2D eigenvalue weighted by Gasteiger charge is 2.65. The van der Waals surface area contributed by atoms with E-state index in [1.165, 1.54) is 0 Å². The van der Waals surface area contributed by atoms with Crippen LogP contribution in [0.2, 0.25) is 0 Å². The number of carbonyl (C=O) groups is 3. The van der Waals surface area contributed by atoms with Gasteiger partial charge in [-0.2, -0.15) is 5.10 Å². The predicted octanol–water partition coefficient (Wildman–Crippen LogP) is 1.84. The number of hydroxylamine groups is 2. The minimum Gasteiger partial charge on any atom is -0.329 e. The molecule has 0 saturated heterocycles. The monoisotopic (exact) mass is 351 g/mol. The first-order valence-corrected chi connectivity index (χ1v) is 8.71. The van der Waals surface area contributed by atoms with Crippen molar-refractivity contribution < 1.29 is 19.2 Å². The fourth-order valence-corrected chi connectivity index (χ4v) is 4.86. The number of fused-ring (bicyclic) bond motifs is 2. The normalized spacial score (nSPS) is 28.9. The van der Waals surface area contributed by atoms with Gasteiger partial charge in [0.2, 0.25) is 0 Å². The average Bonchev–Trinajstić information content (AvgIpc) is 3.36. The molecule has 3 aliphatic carbocycles. The molecule has 1 aromatic heterocycles. The summed E-state index contributed by atoms with van der Waals surface area (Å²) in [4.78, 5) is 43.0. The molecular formula is C19H17N3O4. The van der Waals surface area contributed by atoms with Gasteiger partial charge < -0.3 is 4.84 Å². The maximum atomic E-state index is 12.9. The van der Waals surface area contributed by atoms with Gasteiger partial charge in [-0.15, -0.1) is 0 Å². The van der Waals surface area contributed by atoms with E-state index in [2.05, 4.69) is 5.10 Å². The minimum atomic E-state index is -0.586. The SMILES string of the molecule is Cn1ccc(C23CCC(C2)C3C(=O)ON2C(=O)c3ccccc3C2=O)n1. The molecule has 6 rings (SSSR count). The van der Waals surface area contributed by atoms with Gasteiger partial charge in [0.1, 0.15) is 0 Å². The van der Waals surface area contributed by atoms with Crippen LogP contribution in [0.4, 0.5) is 0 Å². The zero-order valence-electron chi connectivity index (χ0n) is 14.2. The zero-order chi connectivity index (χ0) is 18.1. The van der Waals surface area contributed by atoms with Crippen molar-refractivity contribution in [3.63, 3.8) is 0 Å². The number of hydrogen-bond donors (Lipinski definition) is 0. The molecule has 7 nitrogen and oxygen atoms in total. The number of benzene rings is 1. The standard InChI is InChI=1S/C19H17N3O4/c1-21-9-7-14(20-21)19-8-6-11(10-19)15(19)18(25)26-22-16(23)12-4-2-3-5-13(12)17(22)24/h2-5,7,9,11,15H,6,8,10H2,1H3. The first-order valence-electron chi connectivity index (χ1n) is 8.71. The van der Waals surface area contributed by atoms with Gasteiger partial charge in [-0.3, -0.25) is 14.3 Å². The fraction of sp³-hybridized carbons (Fsp3) is 0.368. The molecule has 0 spiro atoms. The Labute approximate surface area is 149 Å². The van der Waals surface area contributed by atoms with Crippen LogP contribution in [-0.4, -0.2) is 32.6 Å². The van der Waals surface area contributed by atoms with Crippen LogP contribution in [0.15, 0.2) is 36.5 Å². The van der Waals surface area contributed by atoms with Crippen molar-refractivity contribution in [2.24, 2.45) is 18.9 Å². The molecule has 2 heterocycles. The Morgan fingerprint density at radius 2 is 1.88 bits per heavy atom. The molecule has 26 heavy (non-hydrogen) atoms. The number of imide groups is 1. The Balaban J connectivity index is 1.40. The quantitative estimate of drug-likeness (QED) is 0.788. The summed E-state index contributed by atoms with van der Waals surface area (Å²) in [5.41, 5.74) is 1.09. The molecule has 2 bridgehead atoms. The third-order valence-electron chi connectivity index (χ3n) is 6.07. The third kappa shape index (κ3) is 1.83. The lowest BCUT2D eigenvalue weighted by molar-refractivity contribution is -0.182. The molecule has 2 amide bonds. The summed E-state index contributed by atoms with van der Waals surface area (Å²) >= 11 is 0. The summed E-state index contributed by atoms with van der Waals surface area (Å²) in [6, 6.07) is 8.41. The molecule has 4 aliphatic rings. The highest BCUT2D eigenvalue weighted by atomic mass is 16.7. The molecule has 2 aromatic rings. The second-order valence-electron chi connectivity index (χ2n) is 7.37. The van der Waals surface area contributed by atoms with E-state index >= 15 is 0 Å². The van der Waals surface area contributed by atoms with Crippen molar-refractivity contribution in [3.05, 3.63) is 53.3 Å². The van der Waals surface area contributed by atoms with Crippen LogP contribution in [0.1, 0.15) is 45.7 Å². The van der Waals surface area contributed by atoms with Crippen LogP contribution in [0.25, 0.3) is 0 Å². The van der Waals surface area contributed by atoms with E-state index in [9.17, 15) is 14.4 Å². The summed E-state index contributed by atoms with van der Waals surface area (Å²) in [6.07, 6.45) is 4.56. The molecule has 0 radical (unpaired) electrons. The molecular weight excluding hydrogens is 334 g/mol. The highest BCUT2D eigenvalue weighted by Crippen LogP contribution is 2.64. The molecule has 3 unspecified atom stereocenters. The van der Waals surface area contributed by atoms with Crippen molar-refractivity contribution in [1.82, 2.24) is 14.8 Å². The van der Waals surface area contributed by atoms with Crippen molar-refractivity contribution in [3.8, 4) is 0 Å². The van der Waals surface area contributed by atoms with Gasteiger partial charge in [0, 0.05) is 18.7 Å². The molecule has 3 saturated carbocycles. The van der Waals surface area contributed by atoms with E-state index in [1.807, 2.05) is 19.3 Å². The van der Waals surface area contributed by atoms with Gasteiger partial charge in [-0.05, 0) is 43.4 Å². The smallest absolute Gasteiger partial charge is 0.329 e. The van der Waals surface area contributed by atoms with Gasteiger partial charge in [0.15, 0.2) is 0 Å². The van der Waals surface area contributed by atoms with E-state index in [0.29, 0.717) is 5.06 Å². The largest absolute Gasteiger partial charge is 0.337 e. The number of hydrogen-bond acceptors (Lipinski definition) is 5. The Bertz CT molecular complexity index is 926. The van der Waals surface area contributed by atoms with Crippen molar-refractivity contribution in [2.45, 2.75) is 24.7 Å². The third-order valence-corrected chi connectivity index (χ3v) is 6.07. The number of amides is 2. The predicted molar refractivity (Wildman–Crippen MR) is 88.8 cm³/mol. The van der Waals surface area contributed by atoms with Gasteiger partial charge in [-0.25, -0.2) is 4.79 Å². The van der Waals surface area contributed by atoms with Gasteiger partial charge in [0.05, 0.1) is 22.7 Å². The molecule has 1 aromatic carbocycles. The van der Waals surface area contributed by atoms with Crippen molar-refractivity contribution in [1.29, 1.82) is 0 Å². The Kier molecular flexibility index (Phi) is 2.96. The van der Waals surface area contributed by atoms with Gasteiger partial charge in [-0.1, -0.05) is 17.2 Å². The fourth-order valence-electron chi connectivity index (χ4n) is 4.86. The van der Waals surface area contributed by atoms with Crippen molar-refractivity contribution in [2.75, 3.05) is 0 Å². The van der Waals surface area contributed by atoms with Crippen LogP contribution in [-0.2, 0) is 22.1 Å². The second kappa shape index (κ2) is 5.03. The number of aromatic nitrogens is 2. The summed E-state index contributed by atoms with van der Waals surface area (Å²) in [6.45, 7) is 0. The maximum Gasteiger partial charge on any atom is 0.337 e. The molecule has 7 heteroatoms. The average molecular weight is 351 g/mol. The lowest BCUT2D eigenvalue weighted by Gasteiger charge is -2.44. The number of nitrogens with zero attached hydrogens (tertiary/aromatic N) is 3. The summed E-state index contributed by atoms with van der Waals surface area (Å²) in [5, 5.41) is 5.10. The zero-order valence-corrected chi connectivity index (χ0v) is 14.2. The highest BCUT2D eigenvalue weighted by molar-refractivity contribution is 6.20. The van der Waals surface area contributed by atoms with Crippen LogP contribution >= 0.6 is 0 Å². The molecule has 3 fully saturated rings. The second-order valence-corrected chi connectivity index (χ2v) is 7.37. The van der Waals surface area contributed by atoms with E-state index in [-0.39, 0.29) is 28.4 Å². The van der Waals surface area contributed by atoms with E-state index < -0.39 is 17.8 Å². The van der Waals surface area contributed by atoms with Gasteiger partial charge in [0.25, 0.3) is 11.8 Å². The minimum absolute atomic E-state index is 0.222. The summed E-state index contributed by atoms with van der Waals surface area (Å²) < 4.78 is 1.72. The molecule has 1 aliphatic heterocycles. The Hall–Kier alpha value is -2.96. The van der Waals surface area contributed by atoms with Gasteiger partial charge >= 0.3 is 5.97 Å². The molecule has 0 N–H and O–H groups in total. The molecule has 132 valence electrons. The number of rotatable bonds is 3. The van der Waals surface area contributed by atoms with Crippen molar-refractivity contribution >= 4 is 17.8 Å². The first-order chi connectivity index (χ1) is 12.5.